The first kappa shape index (κ1) is 16.4. The average molecular weight is 342 g/mol. The number of nitrogens with zero attached hydrogens (tertiary/aromatic N) is 3. The van der Waals surface area contributed by atoms with Crippen LogP contribution in [0.15, 0.2) is 40.9 Å². The molecule has 0 fully saturated rings. The summed E-state index contributed by atoms with van der Waals surface area (Å²) in [5, 5.41) is 12.7. The van der Waals surface area contributed by atoms with Gasteiger partial charge in [-0.05, 0) is 36.4 Å². The van der Waals surface area contributed by atoms with Crippen molar-refractivity contribution in [2.75, 3.05) is 24.7 Å². The molecular formula is C17H15FN4O3. The van der Waals surface area contributed by atoms with Crippen LogP contribution in [0.2, 0.25) is 0 Å². The number of hydrogen-bond donors (Lipinski definition) is 2. The summed E-state index contributed by atoms with van der Waals surface area (Å²) in [5.74, 6) is -1.82. The highest BCUT2D eigenvalue weighted by Gasteiger charge is 2.16. The summed E-state index contributed by atoms with van der Waals surface area (Å²) in [6, 6.07) is 8.97. The quantitative estimate of drug-likeness (QED) is 0.702. The lowest BCUT2D eigenvalue weighted by molar-refractivity contribution is 0.0692. The molecule has 0 bridgehead atoms. The number of carboxylic acid groups (broad SMARTS) is 1. The Labute approximate surface area is 142 Å². The van der Waals surface area contributed by atoms with Gasteiger partial charge in [-0.25, -0.2) is 9.18 Å². The Morgan fingerprint density at radius 1 is 1.20 bits per heavy atom. The molecule has 0 aliphatic heterocycles. The molecule has 0 saturated carbocycles. The topological polar surface area (TPSA) is 105 Å². The monoisotopic (exact) mass is 342 g/mol. The number of benzene rings is 2. The van der Waals surface area contributed by atoms with Gasteiger partial charge in [0.15, 0.2) is 0 Å². The van der Waals surface area contributed by atoms with Crippen molar-refractivity contribution in [3.8, 4) is 22.8 Å². The highest BCUT2D eigenvalue weighted by Crippen LogP contribution is 2.29. The number of rotatable bonds is 4. The summed E-state index contributed by atoms with van der Waals surface area (Å²) >= 11 is 0. The number of nitrogen functional groups attached to an aromatic ring is 1. The van der Waals surface area contributed by atoms with E-state index in [-0.39, 0.29) is 11.7 Å². The maximum absolute atomic E-state index is 13.8. The zero-order valence-electron chi connectivity index (χ0n) is 13.5. The van der Waals surface area contributed by atoms with E-state index in [1.54, 1.807) is 12.1 Å². The van der Waals surface area contributed by atoms with Gasteiger partial charge in [-0.2, -0.15) is 4.98 Å². The van der Waals surface area contributed by atoms with Gasteiger partial charge in [-0.1, -0.05) is 5.16 Å². The van der Waals surface area contributed by atoms with E-state index in [0.29, 0.717) is 16.8 Å². The molecule has 0 aliphatic rings. The molecular weight excluding hydrogens is 327 g/mol. The van der Waals surface area contributed by atoms with Gasteiger partial charge in [0.05, 0.1) is 16.9 Å². The Balaban J connectivity index is 1.94. The molecule has 0 atom stereocenters. The summed E-state index contributed by atoms with van der Waals surface area (Å²) in [6.07, 6.45) is 0. The van der Waals surface area contributed by atoms with E-state index in [1.807, 2.05) is 25.1 Å². The number of anilines is 2. The molecule has 0 aliphatic carbocycles. The molecule has 0 spiro atoms. The minimum atomic E-state index is -1.34. The first-order valence-corrected chi connectivity index (χ1v) is 7.31. The van der Waals surface area contributed by atoms with Crippen molar-refractivity contribution < 1.29 is 18.8 Å². The number of hydrogen-bond acceptors (Lipinski definition) is 6. The first-order chi connectivity index (χ1) is 11.9. The van der Waals surface area contributed by atoms with E-state index in [2.05, 4.69) is 10.1 Å². The van der Waals surface area contributed by atoms with Crippen molar-refractivity contribution in [2.45, 2.75) is 0 Å². The van der Waals surface area contributed by atoms with Crippen molar-refractivity contribution >= 4 is 17.3 Å². The molecule has 0 unspecified atom stereocenters. The van der Waals surface area contributed by atoms with E-state index >= 15 is 0 Å². The van der Waals surface area contributed by atoms with E-state index in [4.69, 9.17) is 15.4 Å². The Morgan fingerprint density at radius 3 is 2.52 bits per heavy atom. The second kappa shape index (κ2) is 6.23. The zero-order chi connectivity index (χ0) is 18.1. The third-order valence-corrected chi connectivity index (χ3v) is 3.64. The van der Waals surface area contributed by atoms with Gasteiger partial charge in [0.2, 0.25) is 5.82 Å². The van der Waals surface area contributed by atoms with Gasteiger partial charge in [-0.15, -0.1) is 0 Å². The van der Waals surface area contributed by atoms with Crippen LogP contribution < -0.4 is 10.6 Å². The summed E-state index contributed by atoms with van der Waals surface area (Å²) in [6.45, 7) is 0. The van der Waals surface area contributed by atoms with Crippen LogP contribution in [0.25, 0.3) is 22.8 Å². The Kier molecular flexibility index (Phi) is 4.10. The van der Waals surface area contributed by atoms with Crippen molar-refractivity contribution in [2.24, 2.45) is 0 Å². The normalized spacial score (nSPS) is 10.7. The van der Waals surface area contributed by atoms with Crippen molar-refractivity contribution in [1.29, 1.82) is 0 Å². The van der Waals surface area contributed by atoms with Crippen LogP contribution in [-0.4, -0.2) is 35.3 Å². The smallest absolute Gasteiger partial charge is 0.338 e. The molecule has 1 aromatic heterocycles. The minimum Gasteiger partial charge on any atom is -0.478 e. The maximum Gasteiger partial charge on any atom is 0.338 e. The van der Waals surface area contributed by atoms with Crippen LogP contribution in [-0.2, 0) is 0 Å². The van der Waals surface area contributed by atoms with Crippen LogP contribution >= 0.6 is 0 Å². The standard InChI is InChI=1S/C17H15FN4O3/c1-22(2)14-6-4-10(8-13(14)19)16-20-15(21-25-16)9-3-5-11(17(23)24)12(18)7-9/h3-8H,19H2,1-2H3,(H,23,24). The van der Waals surface area contributed by atoms with Gasteiger partial charge >= 0.3 is 5.97 Å². The van der Waals surface area contributed by atoms with Crippen LogP contribution in [0.5, 0.6) is 0 Å². The number of carbonyl (C=O) groups is 1. The highest BCUT2D eigenvalue weighted by molar-refractivity contribution is 5.88. The SMILES string of the molecule is CN(C)c1ccc(-c2nc(-c3ccc(C(=O)O)c(F)c3)no2)cc1N. The molecule has 8 heteroatoms. The lowest BCUT2D eigenvalue weighted by atomic mass is 10.1. The lowest BCUT2D eigenvalue weighted by Crippen LogP contribution is -2.10. The van der Waals surface area contributed by atoms with Crippen LogP contribution in [0, 0.1) is 5.82 Å². The summed E-state index contributed by atoms with van der Waals surface area (Å²) in [4.78, 5) is 17.0. The Hall–Kier alpha value is -3.42. The predicted molar refractivity (Wildman–Crippen MR) is 90.8 cm³/mol. The van der Waals surface area contributed by atoms with Gasteiger partial charge < -0.3 is 20.3 Å². The highest BCUT2D eigenvalue weighted by atomic mass is 19.1. The molecule has 3 rings (SSSR count). The average Bonchev–Trinajstić information content (AvgIpc) is 3.03. The number of aromatic carboxylic acids is 1. The van der Waals surface area contributed by atoms with E-state index in [1.165, 1.54) is 6.07 Å². The van der Waals surface area contributed by atoms with Crippen LogP contribution in [0.3, 0.4) is 0 Å². The summed E-state index contributed by atoms with van der Waals surface area (Å²) in [5.41, 5.74) is 7.94. The third kappa shape index (κ3) is 3.14. The van der Waals surface area contributed by atoms with Crippen molar-refractivity contribution in [1.82, 2.24) is 10.1 Å². The van der Waals surface area contributed by atoms with E-state index < -0.39 is 17.3 Å². The maximum atomic E-state index is 13.8. The fraction of sp³-hybridized carbons (Fsp3) is 0.118. The number of halogens is 1. The Bertz CT molecular complexity index is 953. The summed E-state index contributed by atoms with van der Waals surface area (Å²) in [7, 11) is 3.76. The van der Waals surface area contributed by atoms with Gasteiger partial charge in [0.1, 0.15) is 5.82 Å². The molecule has 0 radical (unpaired) electrons. The zero-order valence-corrected chi connectivity index (χ0v) is 13.5. The summed E-state index contributed by atoms with van der Waals surface area (Å²) < 4.78 is 19.0. The minimum absolute atomic E-state index is 0.154. The molecule has 25 heavy (non-hydrogen) atoms. The molecule has 1 heterocycles. The first-order valence-electron chi connectivity index (χ1n) is 7.31. The number of aromatic nitrogens is 2. The fourth-order valence-corrected chi connectivity index (χ4v) is 2.38. The number of nitrogens with two attached hydrogens (primary N) is 1. The largest absolute Gasteiger partial charge is 0.478 e. The predicted octanol–water partition coefficient (Wildman–Crippen LogP) is 2.89. The van der Waals surface area contributed by atoms with Crippen LogP contribution in [0.1, 0.15) is 10.4 Å². The fourth-order valence-electron chi connectivity index (χ4n) is 2.38. The Morgan fingerprint density at radius 2 is 1.92 bits per heavy atom. The molecule has 0 saturated heterocycles. The van der Waals surface area contributed by atoms with Gasteiger partial charge in [0.25, 0.3) is 5.89 Å². The molecule has 2 aromatic carbocycles. The van der Waals surface area contributed by atoms with Gasteiger partial charge in [0, 0.05) is 25.2 Å². The second-order valence-electron chi connectivity index (χ2n) is 5.59. The van der Waals surface area contributed by atoms with Crippen LogP contribution in [0.4, 0.5) is 15.8 Å². The van der Waals surface area contributed by atoms with Crippen molar-refractivity contribution in [3.63, 3.8) is 0 Å². The number of carboxylic acids is 1. The lowest BCUT2D eigenvalue weighted by Gasteiger charge is -2.15. The molecule has 128 valence electrons. The third-order valence-electron chi connectivity index (χ3n) is 3.64. The van der Waals surface area contributed by atoms with Crippen molar-refractivity contribution in [3.05, 3.63) is 47.8 Å². The van der Waals surface area contributed by atoms with E-state index in [0.717, 1.165) is 17.8 Å². The molecule has 0 amide bonds. The van der Waals surface area contributed by atoms with Gasteiger partial charge in [-0.3, -0.25) is 0 Å². The van der Waals surface area contributed by atoms with E-state index in [9.17, 15) is 9.18 Å². The second-order valence-corrected chi connectivity index (χ2v) is 5.59. The molecule has 3 aromatic rings. The molecule has 3 N–H and O–H groups in total. The molecule has 7 nitrogen and oxygen atoms in total.